The van der Waals surface area contributed by atoms with Crippen molar-refractivity contribution in [1.29, 1.82) is 0 Å². The fourth-order valence-corrected chi connectivity index (χ4v) is 4.41. The lowest BCUT2D eigenvalue weighted by atomic mass is 10.0. The molecule has 2 amide bonds. The Labute approximate surface area is 223 Å². The largest absolute Gasteiger partial charge is 0.450 e. The van der Waals surface area contributed by atoms with E-state index in [4.69, 9.17) is 4.74 Å². The third-order valence-electron chi connectivity index (χ3n) is 6.25. The van der Waals surface area contributed by atoms with Gasteiger partial charge in [-0.3, -0.25) is 4.79 Å². The third kappa shape index (κ3) is 6.56. The van der Waals surface area contributed by atoms with Crippen LogP contribution in [-0.4, -0.2) is 29.4 Å². The Morgan fingerprint density at radius 3 is 2.21 bits per heavy atom. The first kappa shape index (κ1) is 26.4. The first-order chi connectivity index (χ1) is 18.5. The zero-order chi connectivity index (χ0) is 26.9. The van der Waals surface area contributed by atoms with E-state index in [9.17, 15) is 9.59 Å². The standard InChI is InChI=1S/C31H32N4O3/c1-4-38-31(37)33-29(26-13-9-6-10-14-26)20-30(36)34-32-21-27-19-22(2)35(23(27)3)28-17-15-25(16-18-28)24-11-7-5-8-12-24/h5-19,21,29H,4,20H2,1-3H3,(H,33,37)(H,34,36)/b32-21-/t29-/m1/s1. The normalized spacial score (nSPS) is 11.8. The maximum absolute atomic E-state index is 12.7. The van der Waals surface area contributed by atoms with Gasteiger partial charge in [-0.25, -0.2) is 10.2 Å². The van der Waals surface area contributed by atoms with E-state index in [2.05, 4.69) is 56.8 Å². The molecule has 0 bridgehead atoms. The van der Waals surface area contributed by atoms with E-state index in [-0.39, 0.29) is 18.9 Å². The van der Waals surface area contributed by atoms with Gasteiger partial charge in [-0.05, 0) is 55.7 Å². The first-order valence-electron chi connectivity index (χ1n) is 12.6. The SMILES string of the molecule is CCOC(=O)N[C@H](CC(=O)N/N=C\c1cc(C)n(-c2ccc(-c3ccccc3)cc2)c1C)c1ccccc1. The number of nitrogens with one attached hydrogen (secondary N) is 2. The first-order valence-corrected chi connectivity index (χ1v) is 12.6. The zero-order valence-electron chi connectivity index (χ0n) is 21.8. The van der Waals surface area contributed by atoms with Gasteiger partial charge in [0.25, 0.3) is 0 Å². The van der Waals surface area contributed by atoms with Crippen molar-refractivity contribution in [2.45, 2.75) is 33.2 Å². The van der Waals surface area contributed by atoms with Gasteiger partial charge in [0.2, 0.25) is 5.91 Å². The summed E-state index contributed by atoms with van der Waals surface area (Å²) < 4.78 is 7.15. The highest BCUT2D eigenvalue weighted by Crippen LogP contribution is 2.24. The van der Waals surface area contributed by atoms with Crippen molar-refractivity contribution in [3.63, 3.8) is 0 Å². The summed E-state index contributed by atoms with van der Waals surface area (Å²) >= 11 is 0. The monoisotopic (exact) mass is 508 g/mol. The number of carbonyl (C=O) groups excluding carboxylic acids is 2. The molecule has 1 aromatic heterocycles. The van der Waals surface area contributed by atoms with Crippen molar-refractivity contribution in [2.75, 3.05) is 6.61 Å². The summed E-state index contributed by atoms with van der Waals surface area (Å²) in [5.74, 6) is -0.322. The molecule has 194 valence electrons. The van der Waals surface area contributed by atoms with Gasteiger partial charge in [-0.15, -0.1) is 0 Å². The summed E-state index contributed by atoms with van der Waals surface area (Å²) in [6.45, 7) is 6.05. The van der Waals surface area contributed by atoms with Gasteiger partial charge < -0.3 is 14.6 Å². The summed E-state index contributed by atoms with van der Waals surface area (Å²) in [4.78, 5) is 24.7. The maximum atomic E-state index is 12.7. The Hall–Kier alpha value is -4.65. The smallest absolute Gasteiger partial charge is 0.407 e. The Morgan fingerprint density at radius 2 is 1.55 bits per heavy atom. The molecule has 1 atom stereocenters. The highest BCUT2D eigenvalue weighted by molar-refractivity contribution is 5.84. The number of amides is 2. The van der Waals surface area contributed by atoms with Crippen LogP contribution in [0, 0.1) is 13.8 Å². The van der Waals surface area contributed by atoms with Gasteiger partial charge in [0.05, 0.1) is 25.3 Å². The number of benzene rings is 3. The van der Waals surface area contributed by atoms with Crippen molar-refractivity contribution in [3.05, 3.63) is 114 Å². The fraction of sp³-hybridized carbons (Fsp3) is 0.194. The Bertz CT molecular complexity index is 1390. The van der Waals surface area contributed by atoms with E-state index in [1.54, 1.807) is 13.1 Å². The van der Waals surface area contributed by atoms with Crippen LogP contribution in [0.5, 0.6) is 0 Å². The summed E-state index contributed by atoms with van der Waals surface area (Å²) in [6.07, 6.45) is 1.10. The van der Waals surface area contributed by atoms with Crippen molar-refractivity contribution in [1.82, 2.24) is 15.3 Å². The number of aromatic nitrogens is 1. The molecule has 7 heteroatoms. The number of hydrogen-bond donors (Lipinski definition) is 2. The molecular formula is C31H32N4O3. The number of aryl methyl sites for hydroxylation is 1. The van der Waals surface area contributed by atoms with Gasteiger partial charge in [0, 0.05) is 22.6 Å². The predicted molar refractivity (Wildman–Crippen MR) is 150 cm³/mol. The summed E-state index contributed by atoms with van der Waals surface area (Å²) in [5, 5.41) is 6.93. The van der Waals surface area contributed by atoms with E-state index in [0.29, 0.717) is 0 Å². The fourth-order valence-electron chi connectivity index (χ4n) is 4.41. The van der Waals surface area contributed by atoms with Crippen LogP contribution in [0.3, 0.4) is 0 Å². The predicted octanol–water partition coefficient (Wildman–Crippen LogP) is 6.09. The molecule has 3 aromatic carbocycles. The number of nitrogens with zero attached hydrogens (tertiary/aromatic N) is 2. The molecule has 4 aromatic rings. The molecule has 0 aliphatic heterocycles. The molecule has 2 N–H and O–H groups in total. The number of carbonyl (C=O) groups is 2. The number of ether oxygens (including phenoxy) is 1. The molecule has 0 spiro atoms. The summed E-state index contributed by atoms with van der Waals surface area (Å²) in [6, 6.07) is 29.5. The summed E-state index contributed by atoms with van der Waals surface area (Å²) in [7, 11) is 0. The van der Waals surface area contributed by atoms with E-state index < -0.39 is 12.1 Å². The van der Waals surface area contributed by atoms with E-state index in [1.807, 2.05) is 68.4 Å². The lowest BCUT2D eigenvalue weighted by Crippen LogP contribution is -2.33. The van der Waals surface area contributed by atoms with Crippen molar-refractivity contribution in [3.8, 4) is 16.8 Å². The van der Waals surface area contributed by atoms with Gasteiger partial charge >= 0.3 is 6.09 Å². The Morgan fingerprint density at radius 1 is 0.921 bits per heavy atom. The van der Waals surface area contributed by atoms with Gasteiger partial charge in [-0.2, -0.15) is 5.10 Å². The van der Waals surface area contributed by atoms with Crippen molar-refractivity contribution in [2.24, 2.45) is 5.10 Å². The Balaban J connectivity index is 1.43. The highest BCUT2D eigenvalue weighted by Gasteiger charge is 2.19. The molecule has 0 unspecified atom stereocenters. The van der Waals surface area contributed by atoms with Gasteiger partial charge in [-0.1, -0.05) is 72.8 Å². The topological polar surface area (TPSA) is 84.7 Å². The van der Waals surface area contributed by atoms with Crippen LogP contribution < -0.4 is 10.7 Å². The number of rotatable bonds is 9. The molecule has 0 fully saturated rings. The van der Waals surface area contributed by atoms with E-state index >= 15 is 0 Å². The highest BCUT2D eigenvalue weighted by atomic mass is 16.5. The second-order valence-electron chi connectivity index (χ2n) is 8.90. The molecule has 4 rings (SSSR count). The van der Waals surface area contributed by atoms with Crippen molar-refractivity contribution >= 4 is 18.2 Å². The quantitative estimate of drug-likeness (QED) is 0.212. The minimum Gasteiger partial charge on any atom is -0.450 e. The summed E-state index contributed by atoms with van der Waals surface area (Å²) in [5.41, 5.74) is 9.76. The molecule has 0 aliphatic rings. The van der Waals surface area contributed by atoms with Crippen molar-refractivity contribution < 1.29 is 14.3 Å². The second-order valence-corrected chi connectivity index (χ2v) is 8.90. The molecule has 0 radical (unpaired) electrons. The number of alkyl carbamates (subject to hydrolysis) is 1. The minimum absolute atomic E-state index is 0.0208. The van der Waals surface area contributed by atoms with Crippen LogP contribution >= 0.6 is 0 Å². The molecule has 0 saturated carbocycles. The second kappa shape index (κ2) is 12.5. The van der Waals surface area contributed by atoms with E-state index in [0.717, 1.165) is 33.8 Å². The van der Waals surface area contributed by atoms with Crippen LogP contribution in [0.15, 0.2) is 96.1 Å². The molecular weight excluding hydrogens is 476 g/mol. The van der Waals surface area contributed by atoms with Gasteiger partial charge in [0.1, 0.15) is 0 Å². The van der Waals surface area contributed by atoms with E-state index in [1.165, 1.54) is 5.56 Å². The average molecular weight is 509 g/mol. The van der Waals surface area contributed by atoms with Crippen LogP contribution in [0.25, 0.3) is 16.8 Å². The Kier molecular flexibility index (Phi) is 8.72. The average Bonchev–Trinajstić information content (AvgIpc) is 3.22. The third-order valence-corrected chi connectivity index (χ3v) is 6.25. The van der Waals surface area contributed by atoms with Crippen LogP contribution in [0.1, 0.15) is 41.9 Å². The molecule has 7 nitrogen and oxygen atoms in total. The molecule has 38 heavy (non-hydrogen) atoms. The maximum Gasteiger partial charge on any atom is 0.407 e. The lowest BCUT2D eigenvalue weighted by Gasteiger charge is -2.18. The number of hydrazone groups is 1. The zero-order valence-corrected chi connectivity index (χ0v) is 21.8. The van der Waals surface area contributed by atoms with Crippen LogP contribution in [0.4, 0.5) is 4.79 Å². The molecule has 0 saturated heterocycles. The molecule has 1 heterocycles. The van der Waals surface area contributed by atoms with Crippen LogP contribution in [-0.2, 0) is 9.53 Å². The van der Waals surface area contributed by atoms with Crippen LogP contribution in [0.2, 0.25) is 0 Å². The lowest BCUT2D eigenvalue weighted by molar-refractivity contribution is -0.121. The number of hydrogen-bond acceptors (Lipinski definition) is 4. The molecule has 0 aliphatic carbocycles. The van der Waals surface area contributed by atoms with Gasteiger partial charge in [0.15, 0.2) is 0 Å². The minimum atomic E-state index is -0.568.